The molecule has 0 aromatic carbocycles. The Labute approximate surface area is 126 Å². The third-order valence-corrected chi connectivity index (χ3v) is 6.10. The number of nitrogens with zero attached hydrogens (tertiary/aromatic N) is 3. The Hall–Kier alpha value is -1.45. The van der Waals surface area contributed by atoms with Crippen molar-refractivity contribution in [1.29, 1.82) is 5.26 Å². The normalized spacial score (nSPS) is 19.1. The van der Waals surface area contributed by atoms with Crippen LogP contribution in [-0.4, -0.2) is 36.5 Å². The molecule has 5 nitrogen and oxygen atoms in total. The lowest BCUT2D eigenvalue weighted by Gasteiger charge is -2.36. The minimum Gasteiger partial charge on any atom is -0.256 e. The third-order valence-electron chi connectivity index (χ3n) is 4.02. The van der Waals surface area contributed by atoms with Gasteiger partial charge in [-0.1, -0.05) is 13.0 Å². The molecule has 0 aliphatic carbocycles. The molecule has 0 atom stereocenters. The Morgan fingerprint density at radius 2 is 2.05 bits per heavy atom. The van der Waals surface area contributed by atoms with E-state index in [9.17, 15) is 13.7 Å². The van der Waals surface area contributed by atoms with Crippen LogP contribution < -0.4 is 0 Å². The van der Waals surface area contributed by atoms with Gasteiger partial charge in [0.25, 0.3) is 0 Å². The van der Waals surface area contributed by atoms with Gasteiger partial charge in [-0.15, -0.1) is 0 Å². The van der Waals surface area contributed by atoms with Gasteiger partial charge in [0.2, 0.25) is 10.0 Å². The van der Waals surface area contributed by atoms with Gasteiger partial charge >= 0.3 is 0 Å². The lowest BCUT2D eigenvalue weighted by Crippen LogP contribution is -2.45. The van der Waals surface area contributed by atoms with Crippen molar-refractivity contribution in [1.82, 2.24) is 9.29 Å². The second-order valence-electron chi connectivity index (χ2n) is 5.57. The molecule has 2 rings (SSSR count). The van der Waals surface area contributed by atoms with Crippen molar-refractivity contribution >= 4 is 10.0 Å². The summed E-state index contributed by atoms with van der Waals surface area (Å²) in [6.07, 6.45) is 1.62. The van der Waals surface area contributed by atoms with Crippen LogP contribution in [0.15, 0.2) is 18.2 Å². The zero-order valence-corrected chi connectivity index (χ0v) is 13.4. The number of piperidine rings is 1. The van der Waals surface area contributed by atoms with E-state index in [0.717, 1.165) is 11.4 Å². The lowest BCUT2D eigenvalue weighted by molar-refractivity contribution is 0.273. The maximum atomic E-state index is 12.1. The molecule has 0 amide bonds. The molecular weight excluding hydrogens is 286 g/mol. The van der Waals surface area contributed by atoms with Crippen LogP contribution in [-0.2, 0) is 15.4 Å². The third kappa shape index (κ3) is 3.25. The highest BCUT2D eigenvalue weighted by molar-refractivity contribution is 7.89. The maximum absolute atomic E-state index is 12.1. The number of aryl methyl sites for hydroxylation is 1. The quantitative estimate of drug-likeness (QED) is 0.852. The first-order chi connectivity index (χ1) is 9.93. The lowest BCUT2D eigenvalue weighted by atomic mass is 9.77. The Kier molecular flexibility index (Phi) is 4.64. The van der Waals surface area contributed by atoms with Crippen molar-refractivity contribution in [3.8, 4) is 6.07 Å². The average molecular weight is 307 g/mol. The van der Waals surface area contributed by atoms with Crippen LogP contribution in [0.3, 0.4) is 0 Å². The van der Waals surface area contributed by atoms with Gasteiger partial charge in [-0.25, -0.2) is 12.7 Å². The summed E-state index contributed by atoms with van der Waals surface area (Å²) in [5, 5.41) is 9.62. The standard InChI is InChI=1S/C15H21N3O2S/c1-3-11-21(19,20)18-9-7-15(12-16,8-10-18)14-6-4-5-13(2)17-14/h4-6H,3,7-11H2,1-2H3. The zero-order chi connectivity index (χ0) is 15.5. The summed E-state index contributed by atoms with van der Waals surface area (Å²) in [6, 6.07) is 8.05. The Morgan fingerprint density at radius 3 is 2.57 bits per heavy atom. The van der Waals surface area contributed by atoms with Crippen LogP contribution in [0.25, 0.3) is 0 Å². The van der Waals surface area contributed by atoms with Crippen molar-refractivity contribution in [2.75, 3.05) is 18.8 Å². The molecule has 2 heterocycles. The second-order valence-corrected chi connectivity index (χ2v) is 7.66. The van der Waals surface area contributed by atoms with Crippen LogP contribution in [0, 0.1) is 18.3 Å². The molecule has 0 N–H and O–H groups in total. The van der Waals surface area contributed by atoms with Crippen molar-refractivity contribution < 1.29 is 8.42 Å². The number of rotatable bonds is 4. The molecule has 6 heteroatoms. The summed E-state index contributed by atoms with van der Waals surface area (Å²) in [7, 11) is -3.18. The summed E-state index contributed by atoms with van der Waals surface area (Å²) in [5.74, 6) is 0.176. The van der Waals surface area contributed by atoms with Crippen molar-refractivity contribution in [3.05, 3.63) is 29.6 Å². The van der Waals surface area contributed by atoms with Crippen LogP contribution in [0.2, 0.25) is 0 Å². The predicted octanol–water partition coefficient (Wildman–Crippen LogP) is 1.99. The topological polar surface area (TPSA) is 74.1 Å². The van der Waals surface area contributed by atoms with E-state index in [4.69, 9.17) is 0 Å². The smallest absolute Gasteiger partial charge is 0.214 e. The fourth-order valence-electron chi connectivity index (χ4n) is 2.77. The number of nitriles is 1. The van der Waals surface area contributed by atoms with Gasteiger partial charge in [-0.3, -0.25) is 4.98 Å². The average Bonchev–Trinajstić information content (AvgIpc) is 2.47. The maximum Gasteiger partial charge on any atom is 0.214 e. The number of pyridine rings is 1. The van der Waals surface area contributed by atoms with E-state index >= 15 is 0 Å². The molecule has 0 bridgehead atoms. The van der Waals surface area contributed by atoms with E-state index in [-0.39, 0.29) is 5.75 Å². The first-order valence-electron chi connectivity index (χ1n) is 7.27. The minimum atomic E-state index is -3.18. The second kappa shape index (κ2) is 6.12. The Balaban J connectivity index is 2.20. The van der Waals surface area contributed by atoms with E-state index in [1.807, 2.05) is 32.0 Å². The van der Waals surface area contributed by atoms with Gasteiger partial charge in [0, 0.05) is 18.8 Å². The highest BCUT2D eigenvalue weighted by atomic mass is 32.2. The number of hydrogen-bond acceptors (Lipinski definition) is 4. The molecule has 0 radical (unpaired) electrons. The summed E-state index contributed by atoms with van der Waals surface area (Å²) >= 11 is 0. The van der Waals surface area contributed by atoms with E-state index in [1.165, 1.54) is 4.31 Å². The van der Waals surface area contributed by atoms with E-state index in [1.54, 1.807) is 0 Å². The minimum absolute atomic E-state index is 0.176. The van der Waals surface area contributed by atoms with Gasteiger partial charge < -0.3 is 0 Å². The van der Waals surface area contributed by atoms with E-state index < -0.39 is 15.4 Å². The monoisotopic (exact) mass is 307 g/mol. The van der Waals surface area contributed by atoms with Gasteiger partial charge in [-0.2, -0.15) is 5.26 Å². The SMILES string of the molecule is CCCS(=O)(=O)N1CCC(C#N)(c2cccc(C)n2)CC1. The first-order valence-corrected chi connectivity index (χ1v) is 8.88. The highest BCUT2D eigenvalue weighted by Gasteiger charge is 2.40. The molecule has 21 heavy (non-hydrogen) atoms. The molecule has 1 saturated heterocycles. The molecule has 1 aliphatic heterocycles. The van der Waals surface area contributed by atoms with Crippen molar-refractivity contribution in [2.24, 2.45) is 0 Å². The molecule has 0 spiro atoms. The summed E-state index contributed by atoms with van der Waals surface area (Å²) in [5.41, 5.74) is 0.977. The number of hydrogen-bond donors (Lipinski definition) is 0. The van der Waals surface area contributed by atoms with Crippen LogP contribution in [0.5, 0.6) is 0 Å². The van der Waals surface area contributed by atoms with Gasteiger partial charge in [0.15, 0.2) is 0 Å². The predicted molar refractivity (Wildman–Crippen MR) is 81.1 cm³/mol. The number of aromatic nitrogens is 1. The van der Waals surface area contributed by atoms with E-state index in [2.05, 4.69) is 11.1 Å². The van der Waals surface area contributed by atoms with Crippen LogP contribution >= 0.6 is 0 Å². The Bertz CT molecular complexity index is 641. The molecular formula is C15H21N3O2S. The van der Waals surface area contributed by atoms with Gasteiger partial charge in [0.1, 0.15) is 5.41 Å². The molecule has 0 unspecified atom stereocenters. The van der Waals surface area contributed by atoms with Gasteiger partial charge in [-0.05, 0) is 38.3 Å². The van der Waals surface area contributed by atoms with Crippen molar-refractivity contribution in [3.63, 3.8) is 0 Å². The molecule has 1 fully saturated rings. The van der Waals surface area contributed by atoms with Gasteiger partial charge in [0.05, 0.1) is 17.5 Å². The molecule has 1 aromatic rings. The zero-order valence-electron chi connectivity index (χ0n) is 12.5. The van der Waals surface area contributed by atoms with E-state index in [0.29, 0.717) is 32.4 Å². The van der Waals surface area contributed by atoms with Crippen LogP contribution in [0.1, 0.15) is 37.6 Å². The fourth-order valence-corrected chi connectivity index (χ4v) is 4.28. The number of sulfonamides is 1. The first kappa shape index (κ1) is 15.9. The fraction of sp³-hybridized carbons (Fsp3) is 0.600. The largest absolute Gasteiger partial charge is 0.256 e. The molecule has 114 valence electrons. The summed E-state index contributed by atoms with van der Waals surface area (Å²) in [4.78, 5) is 4.47. The van der Waals surface area contributed by atoms with Crippen LogP contribution in [0.4, 0.5) is 0 Å². The molecule has 0 saturated carbocycles. The summed E-state index contributed by atoms with van der Waals surface area (Å²) < 4.78 is 25.7. The van der Waals surface area contributed by atoms with Crippen molar-refractivity contribution in [2.45, 2.75) is 38.5 Å². The highest BCUT2D eigenvalue weighted by Crippen LogP contribution is 2.34. The molecule has 1 aromatic heterocycles. The molecule has 1 aliphatic rings. The Morgan fingerprint density at radius 1 is 1.38 bits per heavy atom. The summed E-state index contributed by atoms with van der Waals surface area (Å²) in [6.45, 7) is 4.55.